The molecule has 1 aliphatic carbocycles. The van der Waals surface area contributed by atoms with Gasteiger partial charge in [0, 0.05) is 16.1 Å². The number of aromatic nitrogens is 2. The van der Waals surface area contributed by atoms with Crippen LogP contribution in [0.25, 0.3) is 12.2 Å². The van der Waals surface area contributed by atoms with Gasteiger partial charge in [-0.2, -0.15) is 4.98 Å². The van der Waals surface area contributed by atoms with Crippen molar-refractivity contribution in [1.82, 2.24) is 10.1 Å². The molecule has 3 rings (SSSR count). The molecule has 1 aromatic heterocycles. The SMILES string of the molecule is COc1ccc(Br)cc1/C=C/c1nc(C2(N)CCC2)no1. The van der Waals surface area contributed by atoms with Crippen LogP contribution in [-0.2, 0) is 5.54 Å². The van der Waals surface area contributed by atoms with Crippen molar-refractivity contribution in [3.63, 3.8) is 0 Å². The van der Waals surface area contributed by atoms with Gasteiger partial charge in [0.2, 0.25) is 0 Å². The standard InChI is InChI=1S/C15H16BrN3O2/c1-20-12-5-4-11(16)9-10(12)3-6-13-18-14(19-21-13)15(17)7-2-8-15/h3-6,9H,2,7-8,17H2,1H3/b6-3+. The minimum atomic E-state index is -0.400. The van der Waals surface area contributed by atoms with Gasteiger partial charge in [-0.1, -0.05) is 21.1 Å². The molecule has 1 aromatic carbocycles. The maximum atomic E-state index is 6.17. The van der Waals surface area contributed by atoms with Crippen molar-refractivity contribution < 1.29 is 9.26 Å². The van der Waals surface area contributed by atoms with Crippen molar-refractivity contribution in [1.29, 1.82) is 0 Å². The summed E-state index contributed by atoms with van der Waals surface area (Å²) in [5.74, 6) is 1.82. The van der Waals surface area contributed by atoms with E-state index >= 15 is 0 Å². The number of nitrogens with two attached hydrogens (primary N) is 1. The first kappa shape index (κ1) is 14.3. The number of hydrogen-bond donors (Lipinski definition) is 1. The Morgan fingerprint density at radius 3 is 2.86 bits per heavy atom. The maximum absolute atomic E-state index is 6.17. The summed E-state index contributed by atoms with van der Waals surface area (Å²) in [6.07, 6.45) is 6.59. The van der Waals surface area contributed by atoms with E-state index in [0.29, 0.717) is 11.7 Å². The lowest BCUT2D eigenvalue weighted by Crippen LogP contribution is -2.44. The van der Waals surface area contributed by atoms with E-state index in [1.54, 1.807) is 13.2 Å². The van der Waals surface area contributed by atoms with Crippen molar-refractivity contribution >= 4 is 28.1 Å². The van der Waals surface area contributed by atoms with Crippen LogP contribution in [-0.4, -0.2) is 17.3 Å². The van der Waals surface area contributed by atoms with Crippen LogP contribution in [0.1, 0.15) is 36.5 Å². The van der Waals surface area contributed by atoms with Gasteiger partial charge in [0.05, 0.1) is 12.6 Å². The van der Waals surface area contributed by atoms with Crippen molar-refractivity contribution in [2.75, 3.05) is 7.11 Å². The van der Waals surface area contributed by atoms with Crippen LogP contribution in [0.5, 0.6) is 5.75 Å². The van der Waals surface area contributed by atoms with Gasteiger partial charge in [-0.25, -0.2) is 0 Å². The van der Waals surface area contributed by atoms with Gasteiger partial charge in [0.25, 0.3) is 5.89 Å². The molecule has 21 heavy (non-hydrogen) atoms. The van der Waals surface area contributed by atoms with E-state index in [1.165, 1.54) is 0 Å². The number of rotatable bonds is 4. The van der Waals surface area contributed by atoms with Crippen LogP contribution in [0.2, 0.25) is 0 Å². The van der Waals surface area contributed by atoms with Crippen LogP contribution < -0.4 is 10.5 Å². The van der Waals surface area contributed by atoms with Gasteiger partial charge in [-0.15, -0.1) is 0 Å². The molecule has 0 radical (unpaired) electrons. The number of ether oxygens (including phenoxy) is 1. The highest BCUT2D eigenvalue weighted by Crippen LogP contribution is 2.37. The van der Waals surface area contributed by atoms with Crippen molar-refractivity contribution in [3.8, 4) is 5.75 Å². The van der Waals surface area contributed by atoms with Gasteiger partial charge in [0.15, 0.2) is 5.82 Å². The zero-order chi connectivity index (χ0) is 14.9. The lowest BCUT2D eigenvalue weighted by molar-refractivity contribution is 0.229. The first-order chi connectivity index (χ1) is 10.1. The average molecular weight is 350 g/mol. The molecule has 1 fully saturated rings. The molecular formula is C15H16BrN3O2. The third kappa shape index (κ3) is 2.87. The van der Waals surface area contributed by atoms with E-state index in [9.17, 15) is 0 Å². The summed E-state index contributed by atoms with van der Waals surface area (Å²) in [6, 6.07) is 5.78. The molecule has 110 valence electrons. The van der Waals surface area contributed by atoms with Crippen LogP contribution >= 0.6 is 15.9 Å². The molecule has 0 atom stereocenters. The monoisotopic (exact) mass is 349 g/mol. The molecule has 0 unspecified atom stereocenters. The minimum Gasteiger partial charge on any atom is -0.496 e. The zero-order valence-electron chi connectivity index (χ0n) is 11.7. The highest BCUT2D eigenvalue weighted by molar-refractivity contribution is 9.10. The Hall–Kier alpha value is -1.66. The molecule has 0 aliphatic heterocycles. The molecule has 0 spiro atoms. The highest BCUT2D eigenvalue weighted by atomic mass is 79.9. The van der Waals surface area contributed by atoms with E-state index in [4.69, 9.17) is 15.0 Å². The normalized spacial score (nSPS) is 16.9. The molecule has 1 aliphatic rings. The summed E-state index contributed by atoms with van der Waals surface area (Å²) in [5.41, 5.74) is 6.70. The van der Waals surface area contributed by atoms with Gasteiger partial charge < -0.3 is 15.0 Å². The molecule has 1 heterocycles. The molecule has 5 nitrogen and oxygen atoms in total. The fourth-order valence-electron chi connectivity index (χ4n) is 2.28. The fourth-order valence-corrected chi connectivity index (χ4v) is 2.66. The number of methoxy groups -OCH3 is 1. The summed E-state index contributed by atoms with van der Waals surface area (Å²) < 4.78 is 11.5. The molecule has 2 aromatic rings. The van der Waals surface area contributed by atoms with E-state index in [-0.39, 0.29) is 0 Å². The predicted molar refractivity (Wildman–Crippen MR) is 83.6 cm³/mol. The molecule has 6 heteroatoms. The van der Waals surface area contributed by atoms with E-state index in [1.807, 2.05) is 24.3 Å². The molecule has 0 saturated heterocycles. The zero-order valence-corrected chi connectivity index (χ0v) is 13.3. The molecule has 0 amide bonds. The molecule has 1 saturated carbocycles. The van der Waals surface area contributed by atoms with Crippen molar-refractivity contribution in [2.24, 2.45) is 5.73 Å². The number of benzene rings is 1. The summed E-state index contributed by atoms with van der Waals surface area (Å²) >= 11 is 3.44. The maximum Gasteiger partial charge on any atom is 0.250 e. The van der Waals surface area contributed by atoms with Gasteiger partial charge in [0.1, 0.15) is 5.75 Å². The number of nitrogens with zero attached hydrogens (tertiary/aromatic N) is 2. The number of halogens is 1. The Bertz CT molecular complexity index is 677. The molecule has 2 N–H and O–H groups in total. The van der Waals surface area contributed by atoms with Crippen LogP contribution in [0.15, 0.2) is 27.2 Å². The summed E-state index contributed by atoms with van der Waals surface area (Å²) in [7, 11) is 1.64. The van der Waals surface area contributed by atoms with Crippen molar-refractivity contribution in [3.05, 3.63) is 40.0 Å². The second-order valence-corrected chi connectivity index (χ2v) is 6.10. The topological polar surface area (TPSA) is 74.2 Å². The van der Waals surface area contributed by atoms with Gasteiger partial charge in [-0.05, 0) is 43.5 Å². The quantitative estimate of drug-likeness (QED) is 0.915. The van der Waals surface area contributed by atoms with E-state index in [2.05, 4.69) is 26.1 Å². The fraction of sp³-hybridized carbons (Fsp3) is 0.333. The third-order valence-electron chi connectivity index (χ3n) is 3.73. The summed E-state index contributed by atoms with van der Waals surface area (Å²) in [4.78, 5) is 4.35. The van der Waals surface area contributed by atoms with E-state index in [0.717, 1.165) is 35.0 Å². The largest absolute Gasteiger partial charge is 0.496 e. The van der Waals surface area contributed by atoms with Gasteiger partial charge >= 0.3 is 0 Å². The Morgan fingerprint density at radius 1 is 1.38 bits per heavy atom. The Labute approximate surface area is 131 Å². The molecule has 0 bridgehead atoms. The predicted octanol–water partition coefficient (Wildman–Crippen LogP) is 3.35. The average Bonchev–Trinajstić information content (AvgIpc) is 2.92. The lowest BCUT2D eigenvalue weighted by atomic mass is 9.77. The van der Waals surface area contributed by atoms with Crippen molar-refractivity contribution in [2.45, 2.75) is 24.8 Å². The van der Waals surface area contributed by atoms with E-state index < -0.39 is 5.54 Å². The van der Waals surface area contributed by atoms with Crippen LogP contribution in [0, 0.1) is 0 Å². The second-order valence-electron chi connectivity index (χ2n) is 5.19. The first-order valence-electron chi connectivity index (χ1n) is 6.75. The molecular weight excluding hydrogens is 334 g/mol. The Kier molecular flexibility index (Phi) is 3.82. The Morgan fingerprint density at radius 2 is 2.19 bits per heavy atom. The second kappa shape index (κ2) is 5.61. The summed E-state index contributed by atoms with van der Waals surface area (Å²) in [6.45, 7) is 0. The van der Waals surface area contributed by atoms with Crippen LogP contribution in [0.4, 0.5) is 0 Å². The summed E-state index contributed by atoms with van der Waals surface area (Å²) in [5, 5.41) is 3.98. The highest BCUT2D eigenvalue weighted by Gasteiger charge is 2.38. The van der Waals surface area contributed by atoms with Crippen LogP contribution in [0.3, 0.4) is 0 Å². The smallest absolute Gasteiger partial charge is 0.250 e. The Balaban J connectivity index is 1.82. The third-order valence-corrected chi connectivity index (χ3v) is 4.22. The lowest BCUT2D eigenvalue weighted by Gasteiger charge is -2.34. The first-order valence-corrected chi connectivity index (χ1v) is 7.55. The number of hydrogen-bond acceptors (Lipinski definition) is 5. The minimum absolute atomic E-state index is 0.400. The van der Waals surface area contributed by atoms with Gasteiger partial charge in [-0.3, -0.25) is 0 Å².